The highest BCUT2D eigenvalue weighted by Gasteiger charge is 2.27. The summed E-state index contributed by atoms with van der Waals surface area (Å²) in [4.78, 5) is 22.1. The van der Waals surface area contributed by atoms with Crippen LogP contribution in [0.3, 0.4) is 0 Å². The SMILES string of the molecule is C=CC(=O)N1CCC[C@@H](n2nc(CC)c3c(N)ncnc32)C1. The predicted octanol–water partition coefficient (Wildman–Crippen LogP) is 1.32. The number of nitrogens with zero attached hydrogens (tertiary/aromatic N) is 5. The fourth-order valence-corrected chi connectivity index (χ4v) is 3.05. The highest BCUT2D eigenvalue weighted by atomic mass is 16.2. The molecule has 1 atom stereocenters. The van der Waals surface area contributed by atoms with E-state index >= 15 is 0 Å². The first-order valence-corrected chi connectivity index (χ1v) is 7.54. The smallest absolute Gasteiger partial charge is 0.246 e. The van der Waals surface area contributed by atoms with Crippen LogP contribution in [0.25, 0.3) is 11.0 Å². The third-order valence-electron chi connectivity index (χ3n) is 4.15. The summed E-state index contributed by atoms with van der Waals surface area (Å²) in [6.07, 6.45) is 5.49. The summed E-state index contributed by atoms with van der Waals surface area (Å²) in [6.45, 7) is 6.98. The third-order valence-corrected chi connectivity index (χ3v) is 4.15. The van der Waals surface area contributed by atoms with Crippen LogP contribution in [0.2, 0.25) is 0 Å². The van der Waals surface area contributed by atoms with Gasteiger partial charge in [0.2, 0.25) is 5.91 Å². The molecule has 3 heterocycles. The number of anilines is 1. The van der Waals surface area contributed by atoms with Crippen molar-refractivity contribution >= 4 is 22.8 Å². The van der Waals surface area contributed by atoms with E-state index in [1.807, 2.05) is 16.5 Å². The molecule has 1 aliphatic heterocycles. The first-order chi connectivity index (χ1) is 10.7. The van der Waals surface area contributed by atoms with Gasteiger partial charge in [0.05, 0.1) is 17.1 Å². The number of nitrogens with two attached hydrogens (primary N) is 1. The molecule has 1 saturated heterocycles. The van der Waals surface area contributed by atoms with Crippen molar-refractivity contribution in [3.8, 4) is 0 Å². The Morgan fingerprint density at radius 2 is 2.36 bits per heavy atom. The number of rotatable bonds is 3. The van der Waals surface area contributed by atoms with E-state index in [0.717, 1.165) is 42.5 Å². The Kier molecular flexibility index (Phi) is 3.79. The molecule has 7 heteroatoms. The van der Waals surface area contributed by atoms with Gasteiger partial charge in [-0.1, -0.05) is 13.5 Å². The molecule has 1 fully saturated rings. The monoisotopic (exact) mass is 300 g/mol. The molecule has 7 nitrogen and oxygen atoms in total. The summed E-state index contributed by atoms with van der Waals surface area (Å²) in [5, 5.41) is 5.51. The molecule has 2 aromatic heterocycles. The second kappa shape index (κ2) is 5.75. The number of fused-ring (bicyclic) bond motifs is 1. The average Bonchev–Trinajstić information content (AvgIpc) is 2.94. The molecule has 0 saturated carbocycles. The number of aromatic nitrogens is 4. The Bertz CT molecular complexity index is 722. The maximum absolute atomic E-state index is 11.9. The standard InChI is InChI=1S/C15H20N6O/c1-3-11-13-14(16)17-9-18-15(13)21(19-11)10-6-5-7-20(8-10)12(22)4-2/h4,9-10H,2-3,5-8H2,1H3,(H2,16,17,18)/t10-/m1/s1. The fourth-order valence-electron chi connectivity index (χ4n) is 3.05. The molecule has 0 aromatic carbocycles. The topological polar surface area (TPSA) is 89.9 Å². The van der Waals surface area contributed by atoms with Gasteiger partial charge in [-0.2, -0.15) is 5.10 Å². The molecule has 116 valence electrons. The quantitative estimate of drug-likeness (QED) is 0.863. The van der Waals surface area contributed by atoms with E-state index in [4.69, 9.17) is 5.73 Å². The highest BCUT2D eigenvalue weighted by molar-refractivity contribution is 5.88. The normalized spacial score (nSPS) is 18.6. The minimum atomic E-state index is -0.0361. The van der Waals surface area contributed by atoms with Crippen molar-refractivity contribution in [2.75, 3.05) is 18.8 Å². The van der Waals surface area contributed by atoms with Gasteiger partial charge in [-0.25, -0.2) is 14.6 Å². The van der Waals surface area contributed by atoms with E-state index in [9.17, 15) is 4.79 Å². The van der Waals surface area contributed by atoms with Crippen molar-refractivity contribution in [1.29, 1.82) is 0 Å². The number of likely N-dealkylation sites (tertiary alicyclic amines) is 1. The van der Waals surface area contributed by atoms with Crippen molar-refractivity contribution in [3.05, 3.63) is 24.7 Å². The molecule has 22 heavy (non-hydrogen) atoms. The molecule has 3 rings (SSSR count). The average molecular weight is 300 g/mol. The molecule has 0 unspecified atom stereocenters. The molecular weight excluding hydrogens is 280 g/mol. The van der Waals surface area contributed by atoms with Crippen molar-refractivity contribution in [1.82, 2.24) is 24.6 Å². The van der Waals surface area contributed by atoms with Crippen LogP contribution in [-0.2, 0) is 11.2 Å². The summed E-state index contributed by atoms with van der Waals surface area (Å²) < 4.78 is 1.91. The number of amides is 1. The second-order valence-electron chi connectivity index (χ2n) is 5.49. The largest absolute Gasteiger partial charge is 0.383 e. The molecule has 2 aromatic rings. The van der Waals surface area contributed by atoms with Crippen LogP contribution in [0.1, 0.15) is 31.5 Å². The van der Waals surface area contributed by atoms with Crippen LogP contribution >= 0.6 is 0 Å². The Hall–Kier alpha value is -2.44. The van der Waals surface area contributed by atoms with Crippen molar-refractivity contribution in [3.63, 3.8) is 0 Å². The molecule has 0 aliphatic carbocycles. The number of nitrogen functional groups attached to an aromatic ring is 1. The number of aryl methyl sites for hydroxylation is 1. The maximum atomic E-state index is 11.9. The fraction of sp³-hybridized carbons (Fsp3) is 0.467. The van der Waals surface area contributed by atoms with Crippen LogP contribution in [-0.4, -0.2) is 43.6 Å². The number of carbonyl (C=O) groups is 1. The number of piperidine rings is 1. The lowest BCUT2D eigenvalue weighted by Crippen LogP contribution is -2.40. The van der Waals surface area contributed by atoms with Crippen molar-refractivity contribution in [2.45, 2.75) is 32.2 Å². The first-order valence-electron chi connectivity index (χ1n) is 7.54. The maximum Gasteiger partial charge on any atom is 0.246 e. The van der Waals surface area contributed by atoms with E-state index in [1.54, 1.807) is 0 Å². The molecule has 2 N–H and O–H groups in total. The molecule has 1 aliphatic rings. The molecular formula is C15H20N6O. The van der Waals surface area contributed by atoms with Gasteiger partial charge in [0.25, 0.3) is 0 Å². The third kappa shape index (κ3) is 2.32. The van der Waals surface area contributed by atoms with Crippen LogP contribution in [0.4, 0.5) is 5.82 Å². The Labute approximate surface area is 128 Å². The van der Waals surface area contributed by atoms with Crippen molar-refractivity contribution in [2.24, 2.45) is 0 Å². The van der Waals surface area contributed by atoms with Gasteiger partial charge in [-0.15, -0.1) is 0 Å². The Morgan fingerprint density at radius 3 is 3.09 bits per heavy atom. The van der Waals surface area contributed by atoms with Gasteiger partial charge >= 0.3 is 0 Å². The summed E-state index contributed by atoms with van der Waals surface area (Å²) in [5.74, 6) is 0.425. The van der Waals surface area contributed by atoms with Gasteiger partial charge in [-0.05, 0) is 25.3 Å². The lowest BCUT2D eigenvalue weighted by Gasteiger charge is -2.32. The minimum Gasteiger partial charge on any atom is -0.383 e. The predicted molar refractivity (Wildman–Crippen MR) is 84.2 cm³/mol. The summed E-state index contributed by atoms with van der Waals surface area (Å²) in [5.41, 5.74) is 7.65. The molecule has 0 radical (unpaired) electrons. The second-order valence-corrected chi connectivity index (χ2v) is 5.49. The van der Waals surface area contributed by atoms with Gasteiger partial charge < -0.3 is 10.6 Å². The van der Waals surface area contributed by atoms with Gasteiger partial charge in [0.15, 0.2) is 5.65 Å². The molecule has 0 spiro atoms. The van der Waals surface area contributed by atoms with Crippen LogP contribution in [0, 0.1) is 0 Å². The molecule has 1 amide bonds. The lowest BCUT2D eigenvalue weighted by molar-refractivity contribution is -0.127. The van der Waals surface area contributed by atoms with Crippen LogP contribution in [0.5, 0.6) is 0 Å². The zero-order valence-corrected chi connectivity index (χ0v) is 12.7. The first kappa shape index (κ1) is 14.5. The zero-order valence-electron chi connectivity index (χ0n) is 12.7. The highest BCUT2D eigenvalue weighted by Crippen LogP contribution is 2.28. The van der Waals surface area contributed by atoms with Crippen LogP contribution < -0.4 is 5.73 Å². The van der Waals surface area contributed by atoms with Crippen molar-refractivity contribution < 1.29 is 4.79 Å². The minimum absolute atomic E-state index is 0.0361. The van der Waals surface area contributed by atoms with Crippen LogP contribution in [0.15, 0.2) is 19.0 Å². The zero-order chi connectivity index (χ0) is 15.7. The summed E-state index contributed by atoms with van der Waals surface area (Å²) >= 11 is 0. The van der Waals surface area contributed by atoms with E-state index in [1.165, 1.54) is 12.4 Å². The summed E-state index contributed by atoms with van der Waals surface area (Å²) in [6, 6.07) is 0.106. The van der Waals surface area contributed by atoms with E-state index in [-0.39, 0.29) is 11.9 Å². The van der Waals surface area contributed by atoms with E-state index < -0.39 is 0 Å². The number of hydrogen-bond donors (Lipinski definition) is 1. The van der Waals surface area contributed by atoms with Gasteiger partial charge in [0, 0.05) is 13.1 Å². The summed E-state index contributed by atoms with van der Waals surface area (Å²) in [7, 11) is 0. The van der Waals surface area contributed by atoms with E-state index in [0.29, 0.717) is 12.4 Å². The molecule has 0 bridgehead atoms. The van der Waals surface area contributed by atoms with Gasteiger partial charge in [-0.3, -0.25) is 4.79 Å². The number of hydrogen-bond acceptors (Lipinski definition) is 5. The lowest BCUT2D eigenvalue weighted by atomic mass is 10.1. The Balaban J connectivity index is 2.01. The number of carbonyl (C=O) groups excluding carboxylic acids is 1. The van der Waals surface area contributed by atoms with E-state index in [2.05, 4.69) is 21.6 Å². The Morgan fingerprint density at radius 1 is 1.55 bits per heavy atom. The van der Waals surface area contributed by atoms with Gasteiger partial charge in [0.1, 0.15) is 12.1 Å².